The van der Waals surface area contributed by atoms with E-state index in [9.17, 15) is 14.7 Å². The number of halogens is 4. The number of hydrogen-bond acceptors (Lipinski definition) is 6. The van der Waals surface area contributed by atoms with E-state index in [2.05, 4.69) is 12.1 Å². The molecule has 58 heavy (non-hydrogen) atoms. The lowest BCUT2D eigenvalue weighted by molar-refractivity contribution is 0.0684. The maximum atomic E-state index is 13.1. The van der Waals surface area contributed by atoms with Gasteiger partial charge in [0.1, 0.15) is 36.1 Å². The van der Waals surface area contributed by atoms with Crippen molar-refractivity contribution in [2.24, 2.45) is 0 Å². The molecular weight excluding hydrogens is 820 g/mol. The molecule has 2 aromatic heterocycles. The Morgan fingerprint density at radius 2 is 1.07 bits per heavy atom. The second kappa shape index (κ2) is 20.9. The second-order valence-corrected chi connectivity index (χ2v) is 14.7. The summed E-state index contributed by atoms with van der Waals surface area (Å²) in [6.45, 7) is 6.75. The summed E-state index contributed by atoms with van der Waals surface area (Å²) in [5.74, 6) is 0.237. The van der Waals surface area contributed by atoms with Crippen LogP contribution < -0.4 is 9.47 Å². The number of ether oxygens (including phenoxy) is 2. The SMILES string of the molecule is CCN(CC)C(=O)c1cc2cc(OCc3c(Cl)cccc3Cl)ccc2n1CCCC#N.N#CCCCn1c(C(=O)O)cc2cc(OCc3c(Cl)cccc3Cl)ccc21. The highest BCUT2D eigenvalue weighted by atomic mass is 35.5. The van der Waals surface area contributed by atoms with Crippen molar-refractivity contribution in [2.75, 3.05) is 13.1 Å². The summed E-state index contributed by atoms with van der Waals surface area (Å²) in [5, 5.41) is 30.9. The number of nitriles is 2. The zero-order valence-electron chi connectivity index (χ0n) is 32.0. The number of benzene rings is 4. The van der Waals surface area contributed by atoms with Crippen LogP contribution in [-0.2, 0) is 26.3 Å². The minimum Gasteiger partial charge on any atom is -0.489 e. The third-order valence-electron chi connectivity index (χ3n) is 9.46. The zero-order chi connectivity index (χ0) is 41.8. The van der Waals surface area contributed by atoms with Crippen LogP contribution in [0.4, 0.5) is 0 Å². The summed E-state index contributed by atoms with van der Waals surface area (Å²) in [6, 6.07) is 29.5. The Morgan fingerprint density at radius 1 is 0.655 bits per heavy atom. The Bertz CT molecular complexity index is 2460. The normalized spacial score (nSPS) is 10.8. The molecule has 6 rings (SSSR count). The van der Waals surface area contributed by atoms with Crippen LogP contribution in [0.3, 0.4) is 0 Å². The maximum Gasteiger partial charge on any atom is 0.352 e. The van der Waals surface area contributed by atoms with Gasteiger partial charge in [-0.2, -0.15) is 10.5 Å². The third kappa shape index (κ3) is 10.6. The van der Waals surface area contributed by atoms with Gasteiger partial charge in [0, 0.05) is 92.0 Å². The van der Waals surface area contributed by atoms with E-state index in [0.717, 1.165) is 27.4 Å². The lowest BCUT2D eigenvalue weighted by Crippen LogP contribution is -2.32. The molecular formula is C44H41Cl4N5O5. The van der Waals surface area contributed by atoms with E-state index in [1.54, 1.807) is 64.1 Å². The molecule has 4 aromatic carbocycles. The van der Waals surface area contributed by atoms with Crippen molar-refractivity contribution in [3.8, 4) is 23.6 Å². The number of carbonyl (C=O) groups excluding carboxylic acids is 1. The van der Waals surface area contributed by atoms with Crippen molar-refractivity contribution in [2.45, 2.75) is 65.8 Å². The lowest BCUT2D eigenvalue weighted by atomic mass is 10.2. The standard InChI is InChI=1S/C24H25Cl2N3O2.C20H16Cl2N2O3/c1-3-28(4-2)24(30)23-15-17-14-18(10-11-22(17)29(23)13-6-5-12-27)31-16-19-20(25)8-7-9-21(19)26;21-16-4-3-5-17(22)15(16)12-27-14-6-7-18-13(10-14)11-19(20(25)26)24(18)9-2-1-8-23/h7-11,14-15H,3-6,13,16H2,1-2H3;3-7,10-11H,1-2,9,12H2,(H,25,26). The number of carboxylic acid groups (broad SMARTS) is 1. The zero-order valence-corrected chi connectivity index (χ0v) is 35.0. The van der Waals surface area contributed by atoms with Gasteiger partial charge in [0.05, 0.1) is 12.1 Å². The highest BCUT2D eigenvalue weighted by Crippen LogP contribution is 2.31. The number of hydrogen-bond donors (Lipinski definition) is 1. The van der Waals surface area contributed by atoms with E-state index in [-0.39, 0.29) is 24.8 Å². The Morgan fingerprint density at radius 3 is 1.47 bits per heavy atom. The van der Waals surface area contributed by atoms with Gasteiger partial charge in [-0.3, -0.25) is 4.79 Å². The van der Waals surface area contributed by atoms with Gasteiger partial charge in [-0.05, 0) is 99.5 Å². The number of aromatic nitrogens is 2. The average Bonchev–Trinajstić information content (AvgIpc) is 3.76. The molecule has 0 aliphatic carbocycles. The first-order valence-corrected chi connectivity index (χ1v) is 20.2. The molecule has 0 fully saturated rings. The van der Waals surface area contributed by atoms with Gasteiger partial charge in [-0.25, -0.2) is 4.79 Å². The van der Waals surface area contributed by atoms with Crippen LogP contribution in [0.25, 0.3) is 21.8 Å². The van der Waals surface area contributed by atoms with Crippen LogP contribution in [0.1, 0.15) is 71.6 Å². The molecule has 0 bridgehead atoms. The van der Waals surface area contributed by atoms with Crippen LogP contribution in [0, 0.1) is 22.7 Å². The van der Waals surface area contributed by atoms with Crippen LogP contribution in [0.2, 0.25) is 20.1 Å². The monoisotopic (exact) mass is 859 g/mol. The van der Waals surface area contributed by atoms with Crippen molar-refractivity contribution < 1.29 is 24.2 Å². The van der Waals surface area contributed by atoms with Crippen LogP contribution in [0.15, 0.2) is 84.9 Å². The third-order valence-corrected chi connectivity index (χ3v) is 10.9. The maximum absolute atomic E-state index is 13.1. The van der Waals surface area contributed by atoms with Crippen molar-refractivity contribution >= 4 is 80.1 Å². The van der Waals surface area contributed by atoms with E-state index in [4.69, 9.17) is 66.4 Å². The molecule has 14 heteroatoms. The number of carboxylic acids is 1. The van der Waals surface area contributed by atoms with E-state index >= 15 is 0 Å². The Labute approximate surface area is 357 Å². The van der Waals surface area contributed by atoms with Gasteiger partial charge in [-0.15, -0.1) is 0 Å². The number of aryl methyl sites for hydroxylation is 2. The summed E-state index contributed by atoms with van der Waals surface area (Å²) in [5.41, 5.74) is 3.97. The molecule has 0 aliphatic rings. The molecule has 0 radical (unpaired) electrons. The number of amides is 1. The number of aromatic carboxylic acids is 1. The highest BCUT2D eigenvalue weighted by molar-refractivity contribution is 6.36. The van der Waals surface area contributed by atoms with Crippen molar-refractivity contribution in [3.05, 3.63) is 128 Å². The number of unbranched alkanes of at least 4 members (excludes halogenated alkanes) is 2. The molecule has 0 saturated heterocycles. The molecule has 0 aliphatic heterocycles. The van der Waals surface area contributed by atoms with Gasteiger partial charge in [-0.1, -0.05) is 58.5 Å². The molecule has 1 amide bonds. The molecule has 2 heterocycles. The van der Waals surface area contributed by atoms with Crippen molar-refractivity contribution in [1.82, 2.24) is 14.0 Å². The van der Waals surface area contributed by atoms with Gasteiger partial charge < -0.3 is 28.6 Å². The Kier molecular flexibility index (Phi) is 15.8. The summed E-state index contributed by atoms with van der Waals surface area (Å²) >= 11 is 24.8. The van der Waals surface area contributed by atoms with Gasteiger partial charge >= 0.3 is 5.97 Å². The fourth-order valence-electron chi connectivity index (χ4n) is 6.47. The molecule has 300 valence electrons. The smallest absolute Gasteiger partial charge is 0.352 e. The van der Waals surface area contributed by atoms with Crippen molar-refractivity contribution in [1.29, 1.82) is 10.5 Å². The molecule has 1 N–H and O–H groups in total. The minimum atomic E-state index is -1.01. The molecule has 6 aromatic rings. The van der Waals surface area contributed by atoms with Gasteiger partial charge in [0.2, 0.25) is 0 Å². The first kappa shape index (κ1) is 43.8. The summed E-state index contributed by atoms with van der Waals surface area (Å²) in [6.07, 6.45) is 2.09. The largest absolute Gasteiger partial charge is 0.489 e. The van der Waals surface area contributed by atoms with Gasteiger partial charge in [0.15, 0.2) is 0 Å². The molecule has 0 atom stereocenters. The van der Waals surface area contributed by atoms with Crippen LogP contribution in [0.5, 0.6) is 11.5 Å². The highest BCUT2D eigenvalue weighted by Gasteiger charge is 2.20. The first-order valence-electron chi connectivity index (χ1n) is 18.7. The lowest BCUT2D eigenvalue weighted by Gasteiger charge is -2.20. The number of fused-ring (bicyclic) bond motifs is 2. The predicted octanol–water partition coefficient (Wildman–Crippen LogP) is 11.8. The van der Waals surface area contributed by atoms with E-state index in [0.29, 0.717) is 94.7 Å². The molecule has 0 saturated carbocycles. The first-order chi connectivity index (χ1) is 28.0. The number of carbonyl (C=O) groups is 2. The predicted molar refractivity (Wildman–Crippen MR) is 229 cm³/mol. The topological polar surface area (TPSA) is 134 Å². The molecule has 0 spiro atoms. The fourth-order valence-corrected chi connectivity index (χ4v) is 7.48. The molecule has 0 unspecified atom stereocenters. The Hall–Kier alpha value is -5.36. The molecule has 10 nitrogen and oxygen atoms in total. The van der Waals surface area contributed by atoms with Crippen LogP contribution >= 0.6 is 46.4 Å². The van der Waals surface area contributed by atoms with E-state index in [1.165, 1.54) is 0 Å². The summed E-state index contributed by atoms with van der Waals surface area (Å²) in [7, 11) is 0. The second-order valence-electron chi connectivity index (χ2n) is 13.1. The van der Waals surface area contributed by atoms with E-state index in [1.807, 2.05) is 48.7 Å². The number of nitrogens with zero attached hydrogens (tertiary/aromatic N) is 5. The number of rotatable bonds is 16. The van der Waals surface area contributed by atoms with Crippen LogP contribution in [-0.4, -0.2) is 44.1 Å². The summed E-state index contributed by atoms with van der Waals surface area (Å²) in [4.78, 5) is 26.4. The summed E-state index contributed by atoms with van der Waals surface area (Å²) < 4.78 is 15.5. The fraction of sp³-hybridized carbons (Fsp3) is 0.273. The van der Waals surface area contributed by atoms with Gasteiger partial charge in [0.25, 0.3) is 5.91 Å². The Balaban J connectivity index is 0.000000223. The van der Waals surface area contributed by atoms with E-state index < -0.39 is 5.97 Å². The minimum absolute atomic E-state index is 0.0107. The quantitative estimate of drug-likeness (QED) is 0.0958. The van der Waals surface area contributed by atoms with Crippen molar-refractivity contribution in [3.63, 3.8) is 0 Å². The average molecular weight is 862 g/mol.